The molecule has 0 aliphatic carbocycles. The van der Waals surface area contributed by atoms with E-state index in [1.165, 1.54) is 24.6 Å². The highest BCUT2D eigenvalue weighted by Crippen LogP contribution is 2.26. The Morgan fingerprint density at radius 1 is 1.15 bits per heavy atom. The largest absolute Gasteiger partial charge is 0.508 e. The summed E-state index contributed by atoms with van der Waals surface area (Å²) >= 11 is 0. The Morgan fingerprint density at radius 2 is 1.95 bits per heavy atom. The molecule has 0 spiro atoms. The van der Waals surface area contributed by atoms with E-state index in [1.54, 1.807) is 0 Å². The maximum Gasteiger partial charge on any atom is 0.257 e. The number of hydrogen-bond donors (Lipinski definition) is 2. The SMILES string of the molecule is O=C(c1ccc(O)cc1O)N1CCCN2CCCC2C1. The number of carbonyl (C=O) groups excluding carboxylic acids is 1. The summed E-state index contributed by atoms with van der Waals surface area (Å²) in [6.07, 6.45) is 3.32. The summed E-state index contributed by atoms with van der Waals surface area (Å²) in [7, 11) is 0. The molecule has 1 aromatic rings. The van der Waals surface area contributed by atoms with Crippen LogP contribution in [0.4, 0.5) is 0 Å². The Morgan fingerprint density at radius 3 is 2.75 bits per heavy atom. The van der Waals surface area contributed by atoms with E-state index in [4.69, 9.17) is 0 Å². The molecule has 20 heavy (non-hydrogen) atoms. The molecule has 2 aliphatic rings. The maximum absolute atomic E-state index is 12.5. The molecular formula is C15H20N2O3. The average Bonchev–Trinajstić information content (AvgIpc) is 2.75. The summed E-state index contributed by atoms with van der Waals surface area (Å²) in [5.74, 6) is -0.323. The van der Waals surface area contributed by atoms with Crippen LogP contribution >= 0.6 is 0 Å². The molecule has 0 bridgehead atoms. The van der Waals surface area contributed by atoms with Gasteiger partial charge >= 0.3 is 0 Å². The highest BCUT2D eigenvalue weighted by molar-refractivity contribution is 5.97. The van der Waals surface area contributed by atoms with Gasteiger partial charge < -0.3 is 15.1 Å². The van der Waals surface area contributed by atoms with Crippen molar-refractivity contribution in [2.45, 2.75) is 25.3 Å². The number of phenolic OH excluding ortho intramolecular Hbond substituents is 2. The standard InChI is InChI=1S/C15H20N2O3/c18-12-4-5-13(14(19)9-12)15(20)17-8-2-7-16-6-1-3-11(16)10-17/h4-5,9,11,18-19H,1-3,6-8,10H2. The van der Waals surface area contributed by atoms with Crippen molar-refractivity contribution in [1.82, 2.24) is 9.80 Å². The zero-order valence-corrected chi connectivity index (χ0v) is 11.5. The number of benzene rings is 1. The Labute approximate surface area is 118 Å². The Balaban J connectivity index is 1.79. The normalized spacial score (nSPS) is 23.4. The van der Waals surface area contributed by atoms with Crippen LogP contribution in [0.25, 0.3) is 0 Å². The first-order valence-corrected chi connectivity index (χ1v) is 7.20. The number of fused-ring (bicyclic) bond motifs is 1. The van der Waals surface area contributed by atoms with Crippen LogP contribution in [0.15, 0.2) is 18.2 Å². The maximum atomic E-state index is 12.5. The lowest BCUT2D eigenvalue weighted by atomic mass is 10.1. The number of aromatic hydroxyl groups is 2. The molecule has 2 saturated heterocycles. The fraction of sp³-hybridized carbons (Fsp3) is 0.533. The fourth-order valence-corrected chi connectivity index (χ4v) is 3.26. The van der Waals surface area contributed by atoms with E-state index in [0.717, 1.165) is 39.0 Å². The Hall–Kier alpha value is -1.75. The highest BCUT2D eigenvalue weighted by Gasteiger charge is 2.31. The van der Waals surface area contributed by atoms with Crippen molar-refractivity contribution >= 4 is 5.91 Å². The van der Waals surface area contributed by atoms with Gasteiger partial charge in [0, 0.05) is 31.7 Å². The number of hydrogen-bond acceptors (Lipinski definition) is 4. The third-order valence-electron chi connectivity index (χ3n) is 4.30. The van der Waals surface area contributed by atoms with Crippen LogP contribution < -0.4 is 0 Å². The van der Waals surface area contributed by atoms with Gasteiger partial charge in [0.15, 0.2) is 0 Å². The molecule has 2 N–H and O–H groups in total. The zero-order chi connectivity index (χ0) is 14.1. The minimum atomic E-state index is -0.150. The summed E-state index contributed by atoms with van der Waals surface area (Å²) in [5, 5.41) is 19.1. The molecule has 0 aromatic heterocycles. The molecule has 2 fully saturated rings. The number of phenols is 2. The van der Waals surface area contributed by atoms with Gasteiger partial charge in [0.25, 0.3) is 5.91 Å². The molecular weight excluding hydrogens is 256 g/mol. The first-order chi connectivity index (χ1) is 9.65. The number of rotatable bonds is 1. The van der Waals surface area contributed by atoms with Crippen LogP contribution in [0.2, 0.25) is 0 Å². The van der Waals surface area contributed by atoms with E-state index in [1.807, 2.05) is 4.90 Å². The second-order valence-corrected chi connectivity index (χ2v) is 5.64. The second-order valence-electron chi connectivity index (χ2n) is 5.64. The van der Waals surface area contributed by atoms with Crippen molar-refractivity contribution < 1.29 is 15.0 Å². The van der Waals surface area contributed by atoms with Gasteiger partial charge in [-0.25, -0.2) is 0 Å². The van der Waals surface area contributed by atoms with Gasteiger partial charge in [-0.2, -0.15) is 0 Å². The molecule has 0 radical (unpaired) electrons. The summed E-state index contributed by atoms with van der Waals surface area (Å²) in [5.41, 5.74) is 0.272. The van der Waals surface area contributed by atoms with Gasteiger partial charge in [0.05, 0.1) is 5.56 Å². The smallest absolute Gasteiger partial charge is 0.257 e. The van der Waals surface area contributed by atoms with Gasteiger partial charge in [-0.3, -0.25) is 9.69 Å². The molecule has 3 rings (SSSR count). The lowest BCUT2D eigenvalue weighted by Gasteiger charge is -2.26. The van der Waals surface area contributed by atoms with Crippen LogP contribution in [-0.2, 0) is 0 Å². The van der Waals surface area contributed by atoms with Crippen LogP contribution in [0, 0.1) is 0 Å². The van der Waals surface area contributed by atoms with E-state index in [0.29, 0.717) is 6.04 Å². The average molecular weight is 276 g/mol. The Kier molecular flexibility index (Phi) is 3.53. The minimum absolute atomic E-state index is 0.0307. The molecule has 5 nitrogen and oxygen atoms in total. The van der Waals surface area contributed by atoms with Gasteiger partial charge in [0.1, 0.15) is 11.5 Å². The van der Waals surface area contributed by atoms with Crippen LogP contribution in [0.5, 0.6) is 11.5 Å². The monoisotopic (exact) mass is 276 g/mol. The van der Waals surface area contributed by atoms with Crippen molar-refractivity contribution in [3.63, 3.8) is 0 Å². The molecule has 1 unspecified atom stereocenters. The van der Waals surface area contributed by atoms with Crippen molar-refractivity contribution in [1.29, 1.82) is 0 Å². The first kappa shape index (κ1) is 13.2. The second kappa shape index (κ2) is 5.32. The number of nitrogens with zero attached hydrogens (tertiary/aromatic N) is 2. The van der Waals surface area contributed by atoms with E-state index >= 15 is 0 Å². The summed E-state index contributed by atoms with van der Waals surface area (Å²) in [6.45, 7) is 3.65. The van der Waals surface area contributed by atoms with E-state index in [-0.39, 0.29) is 23.0 Å². The van der Waals surface area contributed by atoms with Crippen LogP contribution in [0.1, 0.15) is 29.6 Å². The predicted octanol–water partition coefficient (Wildman–Crippen LogP) is 1.41. The molecule has 2 aliphatic heterocycles. The molecule has 0 saturated carbocycles. The number of amides is 1. The topological polar surface area (TPSA) is 64.0 Å². The molecule has 2 heterocycles. The van der Waals surface area contributed by atoms with Crippen molar-refractivity contribution in [3.05, 3.63) is 23.8 Å². The van der Waals surface area contributed by atoms with E-state index < -0.39 is 0 Å². The quantitative estimate of drug-likeness (QED) is 0.814. The van der Waals surface area contributed by atoms with Crippen LogP contribution in [-0.4, -0.2) is 58.1 Å². The van der Waals surface area contributed by atoms with E-state index in [2.05, 4.69) is 4.90 Å². The minimum Gasteiger partial charge on any atom is -0.508 e. The van der Waals surface area contributed by atoms with Crippen molar-refractivity contribution in [2.24, 2.45) is 0 Å². The summed E-state index contributed by atoms with van der Waals surface area (Å²) in [4.78, 5) is 16.8. The first-order valence-electron chi connectivity index (χ1n) is 7.20. The van der Waals surface area contributed by atoms with Gasteiger partial charge in [-0.05, 0) is 37.9 Å². The third-order valence-corrected chi connectivity index (χ3v) is 4.30. The highest BCUT2D eigenvalue weighted by atomic mass is 16.3. The zero-order valence-electron chi connectivity index (χ0n) is 11.5. The molecule has 5 heteroatoms. The fourth-order valence-electron chi connectivity index (χ4n) is 3.26. The lowest BCUT2D eigenvalue weighted by molar-refractivity contribution is 0.0740. The van der Waals surface area contributed by atoms with Crippen molar-refractivity contribution in [3.8, 4) is 11.5 Å². The summed E-state index contributed by atoms with van der Waals surface area (Å²) in [6, 6.07) is 4.60. The molecule has 1 amide bonds. The third kappa shape index (κ3) is 2.45. The van der Waals surface area contributed by atoms with Crippen LogP contribution in [0.3, 0.4) is 0 Å². The summed E-state index contributed by atoms with van der Waals surface area (Å²) < 4.78 is 0. The Bertz CT molecular complexity index is 518. The van der Waals surface area contributed by atoms with Gasteiger partial charge in [-0.15, -0.1) is 0 Å². The lowest BCUT2D eigenvalue weighted by Crippen LogP contribution is -2.39. The predicted molar refractivity (Wildman–Crippen MR) is 74.9 cm³/mol. The van der Waals surface area contributed by atoms with E-state index in [9.17, 15) is 15.0 Å². The van der Waals surface area contributed by atoms with Crippen molar-refractivity contribution in [2.75, 3.05) is 26.2 Å². The number of carbonyl (C=O) groups is 1. The molecule has 108 valence electrons. The molecule has 1 aromatic carbocycles. The van der Waals surface area contributed by atoms with Gasteiger partial charge in [0.2, 0.25) is 0 Å². The van der Waals surface area contributed by atoms with Gasteiger partial charge in [-0.1, -0.05) is 0 Å². The molecule has 1 atom stereocenters.